The molecular weight excluding hydrogens is 252 g/mol. The molecule has 1 spiro atoms. The molecule has 108 valence electrons. The standard InChI is InChI=1S/C16H22N2O2/c1-11-4-6-13(7-5-11)14-17-16(8-9-16)15(19)18(14)12(2)10-20-3/h4-7,12,14,17H,8-10H2,1-3H3. The fourth-order valence-corrected chi connectivity index (χ4v) is 3.01. The van der Waals surface area contributed by atoms with Crippen molar-refractivity contribution in [2.24, 2.45) is 0 Å². The van der Waals surface area contributed by atoms with Gasteiger partial charge in [0.15, 0.2) is 0 Å². The molecule has 0 aromatic heterocycles. The molecule has 1 saturated carbocycles. The summed E-state index contributed by atoms with van der Waals surface area (Å²) in [7, 11) is 1.68. The van der Waals surface area contributed by atoms with Gasteiger partial charge in [-0.05, 0) is 32.3 Å². The zero-order valence-electron chi connectivity index (χ0n) is 12.3. The van der Waals surface area contributed by atoms with Crippen LogP contribution in [0.1, 0.15) is 37.1 Å². The molecule has 1 N–H and O–H groups in total. The van der Waals surface area contributed by atoms with Gasteiger partial charge in [0, 0.05) is 7.11 Å². The molecular formula is C16H22N2O2. The van der Waals surface area contributed by atoms with Crippen molar-refractivity contribution in [2.45, 2.75) is 44.4 Å². The van der Waals surface area contributed by atoms with Crippen molar-refractivity contribution < 1.29 is 9.53 Å². The summed E-state index contributed by atoms with van der Waals surface area (Å²) in [5.74, 6) is 0.229. The fraction of sp³-hybridized carbons (Fsp3) is 0.562. The van der Waals surface area contributed by atoms with Crippen molar-refractivity contribution >= 4 is 5.91 Å². The first kappa shape index (κ1) is 13.6. The van der Waals surface area contributed by atoms with Gasteiger partial charge in [-0.2, -0.15) is 0 Å². The number of hydrogen-bond donors (Lipinski definition) is 1. The number of methoxy groups -OCH3 is 1. The van der Waals surface area contributed by atoms with E-state index in [0.29, 0.717) is 6.61 Å². The number of ether oxygens (including phenoxy) is 1. The average molecular weight is 274 g/mol. The van der Waals surface area contributed by atoms with E-state index in [0.717, 1.165) is 18.4 Å². The lowest BCUT2D eigenvalue weighted by Gasteiger charge is -2.30. The molecule has 2 aliphatic rings. The first-order chi connectivity index (χ1) is 9.57. The lowest BCUT2D eigenvalue weighted by Crippen LogP contribution is -2.41. The van der Waals surface area contributed by atoms with Crippen molar-refractivity contribution in [3.8, 4) is 0 Å². The van der Waals surface area contributed by atoms with Crippen LogP contribution >= 0.6 is 0 Å². The van der Waals surface area contributed by atoms with Gasteiger partial charge in [-0.1, -0.05) is 29.8 Å². The van der Waals surface area contributed by atoms with Crippen LogP contribution in [-0.4, -0.2) is 36.1 Å². The summed E-state index contributed by atoms with van der Waals surface area (Å²) in [6.07, 6.45) is 1.87. The zero-order valence-corrected chi connectivity index (χ0v) is 12.3. The van der Waals surface area contributed by atoms with E-state index >= 15 is 0 Å². The third-order valence-corrected chi connectivity index (χ3v) is 4.36. The third kappa shape index (κ3) is 2.13. The largest absolute Gasteiger partial charge is 0.383 e. The lowest BCUT2D eigenvalue weighted by atomic mass is 10.1. The number of nitrogens with one attached hydrogen (secondary N) is 1. The highest BCUT2D eigenvalue weighted by atomic mass is 16.5. The second-order valence-electron chi connectivity index (χ2n) is 6.06. The van der Waals surface area contributed by atoms with Crippen molar-refractivity contribution in [1.29, 1.82) is 0 Å². The molecule has 0 radical (unpaired) electrons. The van der Waals surface area contributed by atoms with Crippen LogP contribution in [0.25, 0.3) is 0 Å². The number of rotatable bonds is 4. The van der Waals surface area contributed by atoms with Crippen LogP contribution in [0.5, 0.6) is 0 Å². The number of nitrogens with zero attached hydrogens (tertiary/aromatic N) is 1. The van der Waals surface area contributed by atoms with E-state index in [-0.39, 0.29) is 23.7 Å². The van der Waals surface area contributed by atoms with Gasteiger partial charge in [0.05, 0.1) is 12.6 Å². The molecule has 4 nitrogen and oxygen atoms in total. The Kier molecular flexibility index (Phi) is 3.30. The van der Waals surface area contributed by atoms with Crippen LogP contribution in [0.15, 0.2) is 24.3 Å². The number of carbonyl (C=O) groups excluding carboxylic acids is 1. The molecule has 1 aromatic carbocycles. The Labute approximate surface area is 120 Å². The molecule has 3 rings (SSSR count). The van der Waals surface area contributed by atoms with Gasteiger partial charge in [0.2, 0.25) is 5.91 Å². The topological polar surface area (TPSA) is 41.6 Å². The minimum Gasteiger partial charge on any atom is -0.383 e. The maximum atomic E-state index is 12.7. The summed E-state index contributed by atoms with van der Waals surface area (Å²) in [5, 5.41) is 3.54. The fourth-order valence-electron chi connectivity index (χ4n) is 3.01. The van der Waals surface area contributed by atoms with Gasteiger partial charge in [-0.3, -0.25) is 10.1 Å². The van der Waals surface area contributed by atoms with Crippen molar-refractivity contribution in [2.75, 3.05) is 13.7 Å². The Bertz CT molecular complexity index is 508. The van der Waals surface area contributed by atoms with E-state index in [4.69, 9.17) is 4.74 Å². The SMILES string of the molecule is COCC(C)N1C(=O)C2(CC2)NC1c1ccc(C)cc1. The van der Waals surface area contributed by atoms with Crippen LogP contribution in [0.2, 0.25) is 0 Å². The Morgan fingerprint density at radius 2 is 2.05 bits per heavy atom. The lowest BCUT2D eigenvalue weighted by molar-refractivity contribution is -0.133. The van der Waals surface area contributed by atoms with Gasteiger partial charge in [-0.15, -0.1) is 0 Å². The first-order valence-electron chi connectivity index (χ1n) is 7.23. The Morgan fingerprint density at radius 3 is 2.60 bits per heavy atom. The molecule has 1 amide bonds. The summed E-state index contributed by atoms with van der Waals surface area (Å²) in [4.78, 5) is 14.6. The summed E-state index contributed by atoms with van der Waals surface area (Å²) < 4.78 is 5.23. The number of hydrogen-bond acceptors (Lipinski definition) is 3. The number of carbonyl (C=O) groups is 1. The zero-order chi connectivity index (χ0) is 14.3. The van der Waals surface area contributed by atoms with E-state index in [1.54, 1.807) is 7.11 Å². The van der Waals surface area contributed by atoms with Crippen LogP contribution in [0, 0.1) is 6.92 Å². The third-order valence-electron chi connectivity index (χ3n) is 4.36. The molecule has 1 saturated heterocycles. The summed E-state index contributed by atoms with van der Waals surface area (Å²) in [5.41, 5.74) is 2.09. The van der Waals surface area contributed by atoms with E-state index < -0.39 is 0 Å². The summed E-state index contributed by atoms with van der Waals surface area (Å²) in [6, 6.07) is 8.48. The Morgan fingerprint density at radius 1 is 1.40 bits per heavy atom. The monoisotopic (exact) mass is 274 g/mol. The smallest absolute Gasteiger partial charge is 0.244 e. The maximum absolute atomic E-state index is 12.7. The molecule has 1 aromatic rings. The molecule has 4 heteroatoms. The molecule has 1 heterocycles. The highest BCUT2D eigenvalue weighted by Crippen LogP contribution is 2.46. The molecule has 1 aliphatic heterocycles. The maximum Gasteiger partial charge on any atom is 0.244 e. The van der Waals surface area contributed by atoms with Crippen molar-refractivity contribution in [3.05, 3.63) is 35.4 Å². The normalized spacial score (nSPS) is 25.2. The highest BCUT2D eigenvalue weighted by Gasteiger charge is 2.60. The van der Waals surface area contributed by atoms with Gasteiger partial charge < -0.3 is 9.64 Å². The Balaban J connectivity index is 1.90. The van der Waals surface area contributed by atoms with E-state index in [1.807, 2.05) is 11.8 Å². The van der Waals surface area contributed by atoms with Crippen LogP contribution in [0.3, 0.4) is 0 Å². The van der Waals surface area contributed by atoms with Gasteiger partial charge in [-0.25, -0.2) is 0 Å². The van der Waals surface area contributed by atoms with Crippen molar-refractivity contribution in [1.82, 2.24) is 10.2 Å². The second-order valence-corrected chi connectivity index (χ2v) is 6.06. The predicted molar refractivity (Wildman–Crippen MR) is 77.2 cm³/mol. The van der Waals surface area contributed by atoms with Crippen LogP contribution in [-0.2, 0) is 9.53 Å². The predicted octanol–water partition coefficient (Wildman–Crippen LogP) is 1.99. The highest BCUT2D eigenvalue weighted by molar-refractivity contribution is 5.92. The molecule has 0 bridgehead atoms. The molecule has 20 heavy (non-hydrogen) atoms. The van der Waals surface area contributed by atoms with Gasteiger partial charge in [0.25, 0.3) is 0 Å². The van der Waals surface area contributed by atoms with E-state index in [1.165, 1.54) is 5.56 Å². The molecule has 2 atom stereocenters. The molecule has 2 fully saturated rings. The van der Waals surface area contributed by atoms with Crippen LogP contribution in [0.4, 0.5) is 0 Å². The second kappa shape index (κ2) is 4.86. The molecule has 1 aliphatic carbocycles. The summed E-state index contributed by atoms with van der Waals surface area (Å²) in [6.45, 7) is 4.68. The number of benzene rings is 1. The Hall–Kier alpha value is -1.39. The quantitative estimate of drug-likeness (QED) is 0.913. The number of amides is 1. The van der Waals surface area contributed by atoms with E-state index in [2.05, 4.69) is 36.5 Å². The van der Waals surface area contributed by atoms with Gasteiger partial charge in [0.1, 0.15) is 11.7 Å². The first-order valence-corrected chi connectivity index (χ1v) is 7.23. The minimum absolute atomic E-state index is 0.0317. The van der Waals surface area contributed by atoms with Crippen molar-refractivity contribution in [3.63, 3.8) is 0 Å². The van der Waals surface area contributed by atoms with E-state index in [9.17, 15) is 4.79 Å². The minimum atomic E-state index is -0.294. The number of aryl methyl sites for hydroxylation is 1. The van der Waals surface area contributed by atoms with Crippen LogP contribution < -0.4 is 5.32 Å². The molecule has 2 unspecified atom stereocenters. The average Bonchev–Trinajstić information content (AvgIpc) is 3.14. The van der Waals surface area contributed by atoms with Gasteiger partial charge >= 0.3 is 0 Å². The summed E-state index contributed by atoms with van der Waals surface area (Å²) >= 11 is 0.